The van der Waals surface area contributed by atoms with Crippen LogP contribution in [0.4, 0.5) is 0 Å². The van der Waals surface area contributed by atoms with E-state index in [1.165, 1.54) is 19.3 Å². The Bertz CT molecular complexity index is 85.0. The first-order valence-electron chi connectivity index (χ1n) is 3.47. The van der Waals surface area contributed by atoms with Crippen molar-refractivity contribution in [3.63, 3.8) is 0 Å². The number of halogens is 1. The summed E-state index contributed by atoms with van der Waals surface area (Å²) in [7, 11) is 1.74. The molecular formula is C7H13ClO. The molecule has 1 aliphatic rings. The summed E-state index contributed by atoms with van der Waals surface area (Å²) in [4.78, 5) is 0. The molecule has 0 aliphatic heterocycles. The molecule has 0 aromatic heterocycles. The number of methoxy groups -OCH3 is 1. The van der Waals surface area contributed by atoms with E-state index in [0.29, 0.717) is 11.3 Å². The Morgan fingerprint density at radius 3 is 2.78 bits per heavy atom. The van der Waals surface area contributed by atoms with Crippen LogP contribution in [0.5, 0.6) is 0 Å². The molecule has 0 radical (unpaired) electrons. The Hall–Kier alpha value is 0.250. The van der Waals surface area contributed by atoms with Crippen molar-refractivity contribution in [3.05, 3.63) is 0 Å². The topological polar surface area (TPSA) is 9.23 Å². The van der Waals surface area contributed by atoms with Gasteiger partial charge in [-0.25, -0.2) is 0 Å². The number of hydrogen-bond acceptors (Lipinski definition) is 1. The van der Waals surface area contributed by atoms with Crippen LogP contribution in [0.3, 0.4) is 0 Å². The molecule has 0 heterocycles. The van der Waals surface area contributed by atoms with E-state index in [1.807, 2.05) is 0 Å². The molecular weight excluding hydrogens is 136 g/mol. The lowest BCUT2D eigenvalue weighted by atomic mass is 10.1. The van der Waals surface area contributed by atoms with Gasteiger partial charge in [0.2, 0.25) is 0 Å². The van der Waals surface area contributed by atoms with Gasteiger partial charge < -0.3 is 4.74 Å². The third-order valence-electron chi connectivity index (χ3n) is 1.95. The average molecular weight is 149 g/mol. The smallest absolute Gasteiger partial charge is 0.0504 e. The Morgan fingerprint density at radius 1 is 1.56 bits per heavy atom. The van der Waals surface area contributed by atoms with E-state index in [0.717, 1.165) is 6.61 Å². The molecule has 1 nitrogen and oxygen atoms in total. The van der Waals surface area contributed by atoms with Gasteiger partial charge in [0.25, 0.3) is 0 Å². The molecule has 0 aromatic carbocycles. The maximum Gasteiger partial charge on any atom is 0.0504 e. The van der Waals surface area contributed by atoms with Crippen LogP contribution >= 0.6 is 11.6 Å². The van der Waals surface area contributed by atoms with Gasteiger partial charge >= 0.3 is 0 Å². The molecule has 1 saturated carbocycles. The van der Waals surface area contributed by atoms with E-state index in [9.17, 15) is 0 Å². The van der Waals surface area contributed by atoms with Gasteiger partial charge in [-0.15, -0.1) is 11.6 Å². The lowest BCUT2D eigenvalue weighted by Crippen LogP contribution is -2.12. The standard InChI is InChI=1S/C7H13ClO/c1-9-5-6-3-2-4-7(6)8/h6-7H,2-5H2,1H3. The highest BCUT2D eigenvalue weighted by atomic mass is 35.5. The van der Waals surface area contributed by atoms with Crippen LogP contribution in [0.1, 0.15) is 19.3 Å². The van der Waals surface area contributed by atoms with Crippen LogP contribution in [0, 0.1) is 5.92 Å². The predicted molar refractivity (Wildman–Crippen MR) is 38.9 cm³/mol. The second-order valence-corrected chi connectivity index (χ2v) is 3.22. The van der Waals surface area contributed by atoms with Crippen LogP contribution in [0.15, 0.2) is 0 Å². The Morgan fingerprint density at radius 2 is 2.33 bits per heavy atom. The molecule has 2 atom stereocenters. The number of ether oxygens (including phenoxy) is 1. The van der Waals surface area contributed by atoms with E-state index in [2.05, 4.69) is 0 Å². The van der Waals surface area contributed by atoms with Crippen molar-refractivity contribution >= 4 is 11.6 Å². The van der Waals surface area contributed by atoms with Crippen LogP contribution < -0.4 is 0 Å². The van der Waals surface area contributed by atoms with Crippen molar-refractivity contribution in [2.45, 2.75) is 24.6 Å². The van der Waals surface area contributed by atoms with Crippen molar-refractivity contribution in [2.24, 2.45) is 5.92 Å². The average Bonchev–Trinajstić information content (AvgIpc) is 2.18. The summed E-state index contributed by atoms with van der Waals surface area (Å²) in [6.45, 7) is 0.841. The van der Waals surface area contributed by atoms with Crippen LogP contribution in [0.2, 0.25) is 0 Å². The Kier molecular flexibility index (Phi) is 2.80. The van der Waals surface area contributed by atoms with Crippen molar-refractivity contribution < 1.29 is 4.74 Å². The lowest BCUT2D eigenvalue weighted by Gasteiger charge is -2.10. The summed E-state index contributed by atoms with van der Waals surface area (Å²) in [6.07, 6.45) is 3.71. The quantitative estimate of drug-likeness (QED) is 0.545. The molecule has 1 aliphatic carbocycles. The van der Waals surface area contributed by atoms with Gasteiger partial charge in [-0.2, -0.15) is 0 Å². The van der Waals surface area contributed by atoms with Gasteiger partial charge in [0.1, 0.15) is 0 Å². The highest BCUT2D eigenvalue weighted by Crippen LogP contribution is 2.29. The van der Waals surface area contributed by atoms with Crippen molar-refractivity contribution in [1.29, 1.82) is 0 Å². The maximum atomic E-state index is 5.98. The third kappa shape index (κ3) is 1.84. The maximum absolute atomic E-state index is 5.98. The van der Waals surface area contributed by atoms with E-state index in [4.69, 9.17) is 16.3 Å². The highest BCUT2D eigenvalue weighted by Gasteiger charge is 2.24. The number of hydrogen-bond donors (Lipinski definition) is 0. The largest absolute Gasteiger partial charge is 0.384 e. The van der Waals surface area contributed by atoms with Crippen LogP contribution in [-0.4, -0.2) is 19.1 Å². The van der Waals surface area contributed by atoms with Gasteiger partial charge in [0.15, 0.2) is 0 Å². The Balaban J connectivity index is 2.22. The predicted octanol–water partition coefficient (Wildman–Crippen LogP) is 2.04. The normalized spacial score (nSPS) is 35.3. The SMILES string of the molecule is COCC1CCCC1Cl. The third-order valence-corrected chi connectivity index (χ3v) is 2.52. The van der Waals surface area contributed by atoms with Crippen LogP contribution in [-0.2, 0) is 4.74 Å². The Labute approximate surface area is 61.3 Å². The first-order chi connectivity index (χ1) is 4.34. The zero-order valence-electron chi connectivity index (χ0n) is 5.77. The summed E-state index contributed by atoms with van der Waals surface area (Å²) in [6, 6.07) is 0. The lowest BCUT2D eigenvalue weighted by molar-refractivity contribution is 0.156. The highest BCUT2D eigenvalue weighted by molar-refractivity contribution is 6.20. The summed E-state index contributed by atoms with van der Waals surface area (Å²) >= 11 is 5.98. The first kappa shape index (κ1) is 7.36. The number of rotatable bonds is 2. The summed E-state index contributed by atoms with van der Waals surface area (Å²) in [5.74, 6) is 0.622. The van der Waals surface area contributed by atoms with Gasteiger partial charge in [0, 0.05) is 12.5 Å². The first-order valence-corrected chi connectivity index (χ1v) is 3.91. The molecule has 0 amide bonds. The van der Waals surface area contributed by atoms with E-state index < -0.39 is 0 Å². The zero-order valence-corrected chi connectivity index (χ0v) is 6.53. The van der Waals surface area contributed by atoms with Gasteiger partial charge in [0.05, 0.1) is 6.61 Å². The van der Waals surface area contributed by atoms with Gasteiger partial charge in [-0.3, -0.25) is 0 Å². The molecule has 2 unspecified atom stereocenters. The molecule has 0 N–H and O–H groups in total. The molecule has 2 heteroatoms. The van der Waals surface area contributed by atoms with Crippen molar-refractivity contribution in [1.82, 2.24) is 0 Å². The van der Waals surface area contributed by atoms with Gasteiger partial charge in [-0.1, -0.05) is 6.42 Å². The van der Waals surface area contributed by atoms with Gasteiger partial charge in [-0.05, 0) is 18.8 Å². The molecule has 9 heavy (non-hydrogen) atoms. The minimum Gasteiger partial charge on any atom is -0.384 e. The van der Waals surface area contributed by atoms with Crippen molar-refractivity contribution in [2.75, 3.05) is 13.7 Å². The summed E-state index contributed by atoms with van der Waals surface area (Å²) < 4.78 is 5.01. The molecule has 0 bridgehead atoms. The fourth-order valence-electron chi connectivity index (χ4n) is 1.39. The fraction of sp³-hybridized carbons (Fsp3) is 1.00. The molecule has 54 valence electrons. The summed E-state index contributed by atoms with van der Waals surface area (Å²) in [5, 5.41) is 0.380. The zero-order chi connectivity index (χ0) is 6.69. The van der Waals surface area contributed by atoms with Crippen LogP contribution in [0.25, 0.3) is 0 Å². The second-order valence-electron chi connectivity index (χ2n) is 2.66. The molecule has 1 rings (SSSR count). The van der Waals surface area contributed by atoms with E-state index in [-0.39, 0.29) is 0 Å². The minimum atomic E-state index is 0.380. The number of alkyl halides is 1. The van der Waals surface area contributed by atoms with E-state index >= 15 is 0 Å². The summed E-state index contributed by atoms with van der Waals surface area (Å²) in [5.41, 5.74) is 0. The van der Waals surface area contributed by atoms with E-state index in [1.54, 1.807) is 7.11 Å². The second kappa shape index (κ2) is 3.43. The molecule has 0 saturated heterocycles. The fourth-order valence-corrected chi connectivity index (χ4v) is 1.75. The monoisotopic (exact) mass is 148 g/mol. The molecule has 1 fully saturated rings. The molecule has 0 spiro atoms. The molecule has 0 aromatic rings. The van der Waals surface area contributed by atoms with Crippen molar-refractivity contribution in [3.8, 4) is 0 Å². The minimum absolute atomic E-state index is 0.380.